The summed E-state index contributed by atoms with van der Waals surface area (Å²) in [5.74, 6) is -0.411. The minimum absolute atomic E-state index is 0.288. The van der Waals surface area contributed by atoms with Gasteiger partial charge in [0.2, 0.25) is 5.60 Å². The van der Waals surface area contributed by atoms with Gasteiger partial charge in [0.1, 0.15) is 5.82 Å². The molecule has 1 unspecified atom stereocenters. The normalized spacial score (nSPS) is 17.2. The molecule has 166 valence electrons. The number of ether oxygens (including phenoxy) is 2. The lowest BCUT2D eigenvalue weighted by molar-refractivity contribution is -0.247. The van der Waals surface area contributed by atoms with Crippen molar-refractivity contribution in [2.75, 3.05) is 13.2 Å². The van der Waals surface area contributed by atoms with Gasteiger partial charge >= 0.3 is 6.18 Å². The minimum Gasteiger partial charge on any atom is -0.372 e. The van der Waals surface area contributed by atoms with Crippen LogP contribution in [-0.2, 0) is 15.1 Å². The Morgan fingerprint density at radius 1 is 1.00 bits per heavy atom. The zero-order valence-electron chi connectivity index (χ0n) is 16.3. The van der Waals surface area contributed by atoms with Crippen LogP contribution in [0, 0.1) is 5.82 Å². The van der Waals surface area contributed by atoms with Crippen LogP contribution in [-0.4, -0.2) is 34.3 Å². The Balaban J connectivity index is 1.58. The first kappa shape index (κ1) is 21.1. The largest absolute Gasteiger partial charge is 0.426 e. The molecular formula is C22H16F4N2O3S. The van der Waals surface area contributed by atoms with Crippen LogP contribution in [0.2, 0.25) is 0 Å². The first-order valence-corrected chi connectivity index (χ1v) is 10.5. The van der Waals surface area contributed by atoms with Gasteiger partial charge in [-0.25, -0.2) is 9.07 Å². The molecule has 0 radical (unpaired) electrons. The molecule has 2 aromatic carbocycles. The SMILES string of the molecule is OC(c1ccc2c(cnn2-c2ccc(F)cc2)c1)(c1ccc(C2OCCO2)s1)C(F)(F)F. The highest BCUT2D eigenvalue weighted by Crippen LogP contribution is 2.48. The van der Waals surface area contributed by atoms with E-state index in [1.807, 2.05) is 0 Å². The first-order valence-electron chi connectivity index (χ1n) is 9.64. The molecule has 5 rings (SSSR count). The third-order valence-electron chi connectivity index (χ3n) is 5.30. The summed E-state index contributed by atoms with van der Waals surface area (Å²) in [6, 6.07) is 12.2. The maximum absolute atomic E-state index is 14.2. The van der Waals surface area contributed by atoms with E-state index in [1.165, 1.54) is 65.5 Å². The number of alkyl halides is 3. The van der Waals surface area contributed by atoms with Crippen LogP contribution in [0.5, 0.6) is 0 Å². The van der Waals surface area contributed by atoms with Crippen molar-refractivity contribution in [3.05, 3.63) is 81.9 Å². The summed E-state index contributed by atoms with van der Waals surface area (Å²) in [5, 5.41) is 15.6. The van der Waals surface area contributed by atoms with Crippen molar-refractivity contribution in [3.8, 4) is 5.69 Å². The number of fused-ring (bicyclic) bond motifs is 1. The second-order valence-corrected chi connectivity index (χ2v) is 8.41. The Morgan fingerprint density at radius 3 is 2.41 bits per heavy atom. The maximum Gasteiger partial charge on any atom is 0.426 e. The summed E-state index contributed by atoms with van der Waals surface area (Å²) in [7, 11) is 0. The first-order chi connectivity index (χ1) is 15.3. The molecule has 0 aliphatic carbocycles. The van der Waals surface area contributed by atoms with Crippen molar-refractivity contribution in [1.29, 1.82) is 0 Å². The van der Waals surface area contributed by atoms with E-state index in [2.05, 4.69) is 5.10 Å². The Bertz CT molecular complexity index is 1260. The smallest absolute Gasteiger partial charge is 0.372 e. The molecule has 0 bridgehead atoms. The topological polar surface area (TPSA) is 56.5 Å². The molecule has 32 heavy (non-hydrogen) atoms. The number of aliphatic hydroxyl groups is 1. The molecule has 1 atom stereocenters. The highest BCUT2D eigenvalue weighted by atomic mass is 32.1. The molecule has 2 aromatic heterocycles. The number of benzene rings is 2. The lowest BCUT2D eigenvalue weighted by atomic mass is 9.90. The van der Waals surface area contributed by atoms with E-state index < -0.39 is 23.9 Å². The molecular weight excluding hydrogens is 448 g/mol. The Labute approximate surface area is 183 Å². The molecule has 3 heterocycles. The van der Waals surface area contributed by atoms with Gasteiger partial charge in [-0.15, -0.1) is 11.3 Å². The van der Waals surface area contributed by atoms with Crippen molar-refractivity contribution < 1.29 is 32.1 Å². The number of thiophene rings is 1. The van der Waals surface area contributed by atoms with E-state index in [0.717, 1.165) is 11.3 Å². The van der Waals surface area contributed by atoms with Crippen LogP contribution in [0.3, 0.4) is 0 Å². The van der Waals surface area contributed by atoms with Crippen molar-refractivity contribution in [3.63, 3.8) is 0 Å². The van der Waals surface area contributed by atoms with E-state index in [1.54, 1.807) is 0 Å². The maximum atomic E-state index is 14.2. The number of aromatic nitrogens is 2. The standard InChI is InChI=1S/C22H16F4N2O3S/c23-15-2-4-16(5-3-15)28-17-6-1-14(11-13(17)12-27-28)21(29,22(24,25)26)19-8-7-18(32-19)20-30-9-10-31-20/h1-8,11-12,20,29H,9-10H2. The van der Waals surface area contributed by atoms with Crippen molar-refractivity contribution >= 4 is 22.2 Å². The van der Waals surface area contributed by atoms with E-state index in [0.29, 0.717) is 34.7 Å². The monoisotopic (exact) mass is 464 g/mol. The van der Waals surface area contributed by atoms with E-state index >= 15 is 0 Å². The summed E-state index contributed by atoms with van der Waals surface area (Å²) in [4.78, 5) is 0.162. The molecule has 5 nitrogen and oxygen atoms in total. The molecule has 4 aromatic rings. The predicted molar refractivity (Wildman–Crippen MR) is 109 cm³/mol. The summed E-state index contributed by atoms with van der Waals surface area (Å²) < 4.78 is 68.0. The fourth-order valence-electron chi connectivity index (χ4n) is 3.69. The third-order valence-corrected chi connectivity index (χ3v) is 6.52. The second-order valence-electron chi connectivity index (χ2n) is 7.29. The van der Waals surface area contributed by atoms with Crippen LogP contribution in [0.4, 0.5) is 17.6 Å². The van der Waals surface area contributed by atoms with Gasteiger partial charge < -0.3 is 14.6 Å². The van der Waals surface area contributed by atoms with Crippen LogP contribution in [0.25, 0.3) is 16.6 Å². The highest BCUT2D eigenvalue weighted by Gasteiger charge is 2.57. The fourth-order valence-corrected chi connectivity index (χ4v) is 4.83. The molecule has 1 aliphatic heterocycles. The van der Waals surface area contributed by atoms with Gasteiger partial charge in [0.05, 0.1) is 40.4 Å². The summed E-state index contributed by atoms with van der Waals surface area (Å²) in [6.07, 6.45) is -4.31. The average molecular weight is 464 g/mol. The molecule has 1 aliphatic rings. The Kier molecular flexibility index (Phi) is 5.05. The minimum atomic E-state index is -4.98. The summed E-state index contributed by atoms with van der Waals surface area (Å²) >= 11 is 0.791. The molecule has 0 saturated carbocycles. The number of hydrogen-bond acceptors (Lipinski definition) is 5. The average Bonchev–Trinajstić information content (AvgIpc) is 3.52. The zero-order valence-corrected chi connectivity index (χ0v) is 17.2. The van der Waals surface area contributed by atoms with Gasteiger partial charge in [-0.05, 0) is 54.1 Å². The molecule has 0 spiro atoms. The highest BCUT2D eigenvalue weighted by molar-refractivity contribution is 7.12. The van der Waals surface area contributed by atoms with Crippen molar-refractivity contribution in [2.24, 2.45) is 0 Å². The van der Waals surface area contributed by atoms with Crippen LogP contribution in [0.15, 0.2) is 60.8 Å². The van der Waals surface area contributed by atoms with Gasteiger partial charge in [0, 0.05) is 5.39 Å². The quantitative estimate of drug-likeness (QED) is 0.429. The van der Waals surface area contributed by atoms with E-state index in [-0.39, 0.29) is 10.4 Å². The third kappa shape index (κ3) is 3.39. The number of rotatable bonds is 4. The fraction of sp³-hybridized carbons (Fsp3) is 0.227. The second kappa shape index (κ2) is 7.66. The Hall–Kier alpha value is -2.79. The summed E-state index contributed by atoms with van der Waals surface area (Å²) in [6.45, 7) is 0.715. The predicted octanol–water partition coefficient (Wildman–Crippen LogP) is 5.07. The molecule has 1 N–H and O–H groups in total. The van der Waals surface area contributed by atoms with Crippen LogP contribution in [0.1, 0.15) is 21.6 Å². The van der Waals surface area contributed by atoms with Gasteiger partial charge in [-0.3, -0.25) is 0 Å². The van der Waals surface area contributed by atoms with E-state index in [9.17, 15) is 22.7 Å². The number of nitrogens with zero attached hydrogens (tertiary/aromatic N) is 2. The Morgan fingerprint density at radius 2 is 1.72 bits per heavy atom. The molecule has 0 amide bonds. The van der Waals surface area contributed by atoms with E-state index in [4.69, 9.17) is 9.47 Å². The van der Waals surface area contributed by atoms with Gasteiger partial charge in [-0.2, -0.15) is 18.3 Å². The van der Waals surface area contributed by atoms with Gasteiger partial charge in [-0.1, -0.05) is 6.07 Å². The number of halogens is 4. The van der Waals surface area contributed by atoms with Gasteiger partial charge in [0.15, 0.2) is 6.29 Å². The lowest BCUT2D eigenvalue weighted by Gasteiger charge is -2.30. The molecule has 1 saturated heterocycles. The van der Waals surface area contributed by atoms with Crippen LogP contribution >= 0.6 is 11.3 Å². The molecule has 1 fully saturated rings. The lowest BCUT2D eigenvalue weighted by Crippen LogP contribution is -2.42. The molecule has 10 heteroatoms. The van der Waals surface area contributed by atoms with Crippen LogP contribution < -0.4 is 0 Å². The van der Waals surface area contributed by atoms with Crippen molar-refractivity contribution in [1.82, 2.24) is 9.78 Å². The summed E-state index contributed by atoms with van der Waals surface area (Å²) in [5.41, 5.74) is -2.48. The van der Waals surface area contributed by atoms with Crippen molar-refractivity contribution in [2.45, 2.75) is 18.1 Å². The number of hydrogen-bond donors (Lipinski definition) is 1. The zero-order chi connectivity index (χ0) is 22.5. The van der Waals surface area contributed by atoms with Gasteiger partial charge in [0.25, 0.3) is 0 Å².